The summed E-state index contributed by atoms with van der Waals surface area (Å²) >= 11 is 0. The van der Waals surface area contributed by atoms with E-state index in [-0.39, 0.29) is 11.8 Å². The summed E-state index contributed by atoms with van der Waals surface area (Å²) in [7, 11) is 0. The summed E-state index contributed by atoms with van der Waals surface area (Å²) in [5.74, 6) is 0.667. The first-order valence-corrected chi connectivity index (χ1v) is 10.3. The molecule has 0 spiro atoms. The highest BCUT2D eigenvalue weighted by atomic mass is 16.2. The number of likely N-dealkylation sites (tertiary alicyclic amines) is 1. The first-order valence-electron chi connectivity index (χ1n) is 10.3. The predicted octanol–water partition coefficient (Wildman–Crippen LogP) is 3.06. The molecular weight excluding hydrogens is 340 g/mol. The predicted molar refractivity (Wildman–Crippen MR) is 103 cm³/mol. The van der Waals surface area contributed by atoms with E-state index < -0.39 is 0 Å². The van der Waals surface area contributed by atoms with E-state index in [1.807, 2.05) is 32.6 Å². The number of hydrogen-bond acceptors (Lipinski definition) is 3. The van der Waals surface area contributed by atoms with Gasteiger partial charge in [0, 0.05) is 37.8 Å². The fourth-order valence-corrected chi connectivity index (χ4v) is 4.93. The van der Waals surface area contributed by atoms with E-state index in [4.69, 9.17) is 0 Å². The maximum atomic E-state index is 13.1. The monoisotopic (exact) mass is 366 g/mol. The molecule has 1 aromatic carbocycles. The van der Waals surface area contributed by atoms with Gasteiger partial charge in [0.2, 0.25) is 0 Å². The molecule has 2 aromatic rings. The smallest absolute Gasteiger partial charge is 0.290 e. The minimum atomic E-state index is 0.0526. The summed E-state index contributed by atoms with van der Waals surface area (Å²) < 4.78 is 2.03. The molecular formula is C21H26N4O2. The van der Waals surface area contributed by atoms with Gasteiger partial charge in [-0.25, -0.2) is 4.98 Å². The molecule has 27 heavy (non-hydrogen) atoms. The maximum Gasteiger partial charge on any atom is 0.290 e. The van der Waals surface area contributed by atoms with Gasteiger partial charge in [0.05, 0.1) is 11.0 Å². The fraction of sp³-hybridized carbons (Fsp3) is 0.571. The number of rotatable bonds is 2. The number of benzene rings is 1. The Labute approximate surface area is 159 Å². The maximum absolute atomic E-state index is 13.1. The molecule has 0 N–H and O–H groups in total. The van der Waals surface area contributed by atoms with Crippen molar-refractivity contribution in [2.24, 2.45) is 0 Å². The average molecular weight is 366 g/mol. The van der Waals surface area contributed by atoms with E-state index in [2.05, 4.69) is 4.98 Å². The van der Waals surface area contributed by atoms with Crippen molar-refractivity contribution >= 4 is 22.8 Å². The Morgan fingerprint density at radius 3 is 2.52 bits per heavy atom. The molecule has 2 aliphatic heterocycles. The first-order chi connectivity index (χ1) is 13.2. The Hall–Kier alpha value is -2.37. The molecule has 142 valence electrons. The lowest BCUT2D eigenvalue weighted by atomic mass is 9.94. The van der Waals surface area contributed by atoms with Crippen LogP contribution in [-0.2, 0) is 6.54 Å². The Morgan fingerprint density at radius 1 is 0.963 bits per heavy atom. The van der Waals surface area contributed by atoms with E-state index in [1.165, 1.54) is 19.3 Å². The highest BCUT2D eigenvalue weighted by molar-refractivity contribution is 6.00. The van der Waals surface area contributed by atoms with Gasteiger partial charge in [-0.1, -0.05) is 19.3 Å². The van der Waals surface area contributed by atoms with Crippen molar-refractivity contribution in [3.63, 3.8) is 0 Å². The van der Waals surface area contributed by atoms with Gasteiger partial charge in [0.15, 0.2) is 5.82 Å². The van der Waals surface area contributed by atoms with E-state index in [9.17, 15) is 9.59 Å². The van der Waals surface area contributed by atoms with E-state index >= 15 is 0 Å². The number of hydrogen-bond donors (Lipinski definition) is 0. The lowest BCUT2D eigenvalue weighted by Gasteiger charge is -2.36. The van der Waals surface area contributed by atoms with Gasteiger partial charge < -0.3 is 14.4 Å². The molecule has 3 heterocycles. The van der Waals surface area contributed by atoms with Crippen LogP contribution in [-0.4, -0.2) is 56.8 Å². The fourth-order valence-electron chi connectivity index (χ4n) is 4.93. The minimum Gasteiger partial charge on any atom is -0.339 e. The summed E-state index contributed by atoms with van der Waals surface area (Å²) in [6, 6.07) is 6.07. The van der Waals surface area contributed by atoms with Crippen LogP contribution < -0.4 is 0 Å². The minimum absolute atomic E-state index is 0.0526. The van der Waals surface area contributed by atoms with E-state index in [1.54, 1.807) is 0 Å². The van der Waals surface area contributed by atoms with Gasteiger partial charge in [0.1, 0.15) is 0 Å². The van der Waals surface area contributed by atoms with Crippen LogP contribution in [0.5, 0.6) is 0 Å². The molecule has 1 aromatic heterocycles. The largest absolute Gasteiger partial charge is 0.339 e. The second-order valence-corrected chi connectivity index (χ2v) is 8.08. The van der Waals surface area contributed by atoms with Crippen LogP contribution in [0.15, 0.2) is 18.2 Å². The molecule has 5 rings (SSSR count). The Morgan fingerprint density at radius 2 is 1.74 bits per heavy atom. The lowest BCUT2D eigenvalue weighted by molar-refractivity contribution is 0.0565. The van der Waals surface area contributed by atoms with Gasteiger partial charge >= 0.3 is 0 Å². The summed E-state index contributed by atoms with van der Waals surface area (Å²) in [6.45, 7) is 3.22. The summed E-state index contributed by atoms with van der Waals surface area (Å²) in [6.07, 6.45) is 8.10. The van der Waals surface area contributed by atoms with Gasteiger partial charge in [-0.15, -0.1) is 0 Å². The molecule has 0 atom stereocenters. The van der Waals surface area contributed by atoms with Crippen LogP contribution in [0.25, 0.3) is 11.0 Å². The van der Waals surface area contributed by atoms with Crippen LogP contribution in [0, 0.1) is 0 Å². The summed E-state index contributed by atoms with van der Waals surface area (Å²) in [5, 5.41) is 0. The highest BCUT2D eigenvalue weighted by Crippen LogP contribution is 2.28. The molecule has 3 aliphatic rings. The average Bonchev–Trinajstić information content (AvgIpc) is 3.36. The van der Waals surface area contributed by atoms with Crippen molar-refractivity contribution < 1.29 is 9.59 Å². The number of imidazole rings is 1. The first kappa shape index (κ1) is 16.8. The van der Waals surface area contributed by atoms with Gasteiger partial charge in [-0.05, 0) is 43.9 Å². The molecule has 0 bridgehead atoms. The molecule has 6 nitrogen and oxygen atoms in total. The van der Waals surface area contributed by atoms with Crippen molar-refractivity contribution in [3.05, 3.63) is 29.6 Å². The van der Waals surface area contributed by atoms with Gasteiger partial charge in [0.25, 0.3) is 11.8 Å². The van der Waals surface area contributed by atoms with Crippen molar-refractivity contribution in [3.8, 4) is 0 Å². The van der Waals surface area contributed by atoms with Crippen LogP contribution in [0.3, 0.4) is 0 Å². The molecule has 1 saturated carbocycles. The van der Waals surface area contributed by atoms with Crippen LogP contribution in [0.1, 0.15) is 65.9 Å². The summed E-state index contributed by atoms with van der Waals surface area (Å²) in [4.78, 5) is 34.4. The zero-order valence-corrected chi connectivity index (χ0v) is 15.7. The zero-order chi connectivity index (χ0) is 18.4. The number of nitrogens with zero attached hydrogens (tertiary/aromatic N) is 4. The molecule has 1 saturated heterocycles. The van der Waals surface area contributed by atoms with Crippen molar-refractivity contribution in [2.45, 2.75) is 57.5 Å². The molecule has 6 heteroatoms. The second-order valence-electron chi connectivity index (χ2n) is 8.08. The molecule has 2 amide bonds. The second kappa shape index (κ2) is 6.66. The third kappa shape index (κ3) is 2.82. The SMILES string of the molecule is O=C(c1ccc2c(c1)nc1n2CCN(C2CCCCC2)C1=O)N1CCCC1. The van der Waals surface area contributed by atoms with Gasteiger partial charge in [-0.2, -0.15) is 0 Å². The van der Waals surface area contributed by atoms with Crippen molar-refractivity contribution in [1.29, 1.82) is 0 Å². The lowest BCUT2D eigenvalue weighted by Crippen LogP contribution is -2.47. The summed E-state index contributed by atoms with van der Waals surface area (Å²) in [5.41, 5.74) is 2.39. The third-order valence-corrected chi connectivity index (χ3v) is 6.42. The third-order valence-electron chi connectivity index (χ3n) is 6.42. The quantitative estimate of drug-likeness (QED) is 0.821. The standard InChI is InChI=1S/C21H26N4O2/c26-20(23-10-4-5-11-23)15-8-9-18-17(14-15)22-19-21(27)24(12-13-25(18)19)16-6-2-1-3-7-16/h8-9,14,16H,1-7,10-13H2. The number of carbonyl (C=O) groups excluding carboxylic acids is 2. The Balaban J connectivity index is 1.45. The topological polar surface area (TPSA) is 58.4 Å². The van der Waals surface area contributed by atoms with E-state index in [0.717, 1.165) is 62.9 Å². The molecule has 0 unspecified atom stereocenters. The number of carbonyl (C=O) groups is 2. The van der Waals surface area contributed by atoms with Crippen molar-refractivity contribution in [1.82, 2.24) is 19.4 Å². The normalized spacial score (nSPS) is 21.1. The highest BCUT2D eigenvalue weighted by Gasteiger charge is 2.33. The zero-order valence-electron chi connectivity index (χ0n) is 15.7. The van der Waals surface area contributed by atoms with Crippen LogP contribution in [0.2, 0.25) is 0 Å². The van der Waals surface area contributed by atoms with Crippen molar-refractivity contribution in [2.75, 3.05) is 19.6 Å². The number of fused-ring (bicyclic) bond motifs is 3. The molecule has 1 aliphatic carbocycles. The Bertz CT molecular complexity index is 891. The van der Waals surface area contributed by atoms with Crippen LogP contribution >= 0.6 is 0 Å². The Kier molecular flexibility index (Phi) is 4.14. The number of amides is 2. The number of aromatic nitrogens is 2. The van der Waals surface area contributed by atoms with E-state index in [0.29, 0.717) is 17.4 Å². The molecule has 2 fully saturated rings. The van der Waals surface area contributed by atoms with Gasteiger partial charge in [-0.3, -0.25) is 9.59 Å². The van der Waals surface area contributed by atoms with Crippen LogP contribution in [0.4, 0.5) is 0 Å². The molecule has 0 radical (unpaired) electrons.